The molecule has 4 rings (SSSR count). The summed E-state index contributed by atoms with van der Waals surface area (Å²) in [6.07, 6.45) is 0. The van der Waals surface area contributed by atoms with E-state index in [1.807, 2.05) is 48.5 Å². The number of aromatic nitrogens is 4. The first-order valence-electron chi connectivity index (χ1n) is 9.15. The molecule has 1 N–H and O–H groups in total. The van der Waals surface area contributed by atoms with E-state index in [9.17, 15) is 0 Å². The van der Waals surface area contributed by atoms with Crippen LogP contribution in [-0.2, 0) is 13.1 Å². The van der Waals surface area contributed by atoms with Crippen LogP contribution >= 0.6 is 0 Å². The summed E-state index contributed by atoms with van der Waals surface area (Å²) in [6, 6.07) is 26.5. The first-order chi connectivity index (χ1) is 13.8. The summed E-state index contributed by atoms with van der Waals surface area (Å²) in [5.41, 5.74) is 4.51. The summed E-state index contributed by atoms with van der Waals surface area (Å²) in [6.45, 7) is 3.66. The molecule has 0 radical (unpaired) electrons. The van der Waals surface area contributed by atoms with Crippen LogP contribution in [0.4, 0.5) is 0 Å². The maximum absolute atomic E-state index is 5.92. The molecule has 0 aliphatic heterocycles. The van der Waals surface area contributed by atoms with Crippen LogP contribution in [-0.4, -0.2) is 20.2 Å². The van der Waals surface area contributed by atoms with E-state index in [-0.39, 0.29) is 12.4 Å². The minimum Gasteiger partial charge on any atom is -1.00 e. The van der Waals surface area contributed by atoms with Gasteiger partial charge < -0.3 is 22.5 Å². The molecule has 0 atom stereocenters. The monoisotopic (exact) mass is 406 g/mol. The Hall–Kier alpha value is -3.22. The van der Waals surface area contributed by atoms with E-state index in [2.05, 4.69) is 58.1 Å². The molecule has 0 amide bonds. The molecule has 3 aromatic carbocycles. The maximum atomic E-state index is 5.92. The summed E-state index contributed by atoms with van der Waals surface area (Å²) >= 11 is 0. The van der Waals surface area contributed by atoms with Crippen LogP contribution in [0.1, 0.15) is 16.7 Å². The van der Waals surface area contributed by atoms with E-state index in [1.165, 1.54) is 11.1 Å². The molecule has 6 nitrogen and oxygen atoms in total. The van der Waals surface area contributed by atoms with Crippen molar-refractivity contribution in [3.63, 3.8) is 0 Å². The fourth-order valence-corrected chi connectivity index (χ4v) is 2.86. The Bertz CT molecular complexity index is 1030. The van der Waals surface area contributed by atoms with E-state index < -0.39 is 0 Å². The second kappa shape index (κ2) is 9.82. The zero-order chi connectivity index (χ0) is 19.2. The van der Waals surface area contributed by atoms with Gasteiger partial charge in [0.1, 0.15) is 5.75 Å². The Morgan fingerprint density at radius 2 is 1.62 bits per heavy atom. The van der Waals surface area contributed by atoms with Crippen molar-refractivity contribution in [2.45, 2.75) is 20.0 Å². The SMILES string of the molecule is Cc1ccc(CNCc2cccc(Oc3nnnn3-c3ccccc3)c2)cc1.[Cl-]. The Morgan fingerprint density at radius 3 is 2.41 bits per heavy atom. The molecular weight excluding hydrogens is 386 g/mol. The minimum atomic E-state index is 0. The minimum absolute atomic E-state index is 0. The van der Waals surface area contributed by atoms with Crippen molar-refractivity contribution in [1.29, 1.82) is 0 Å². The fourth-order valence-electron chi connectivity index (χ4n) is 2.86. The molecule has 1 heterocycles. The summed E-state index contributed by atoms with van der Waals surface area (Å²) < 4.78 is 7.49. The molecule has 29 heavy (non-hydrogen) atoms. The van der Waals surface area contributed by atoms with Crippen LogP contribution in [0, 0.1) is 6.92 Å². The van der Waals surface area contributed by atoms with Gasteiger partial charge in [0.05, 0.1) is 5.69 Å². The van der Waals surface area contributed by atoms with Crippen LogP contribution in [0.2, 0.25) is 0 Å². The van der Waals surface area contributed by atoms with E-state index in [1.54, 1.807) is 4.68 Å². The highest BCUT2D eigenvalue weighted by molar-refractivity contribution is 5.34. The smallest absolute Gasteiger partial charge is 0.345 e. The number of tetrazole rings is 1. The van der Waals surface area contributed by atoms with Crippen molar-refractivity contribution in [3.8, 4) is 17.4 Å². The van der Waals surface area contributed by atoms with Gasteiger partial charge in [0, 0.05) is 13.1 Å². The van der Waals surface area contributed by atoms with Crippen molar-refractivity contribution in [2.24, 2.45) is 0 Å². The zero-order valence-electron chi connectivity index (χ0n) is 16.0. The lowest BCUT2D eigenvalue weighted by molar-refractivity contribution is -0.00000651. The molecular formula is C22H21ClN5O-. The molecule has 0 fully saturated rings. The first kappa shape index (κ1) is 20.5. The Morgan fingerprint density at radius 1 is 0.862 bits per heavy atom. The molecule has 0 aliphatic carbocycles. The first-order valence-corrected chi connectivity index (χ1v) is 9.15. The molecule has 0 spiro atoms. The maximum Gasteiger partial charge on any atom is 0.345 e. The quantitative estimate of drug-likeness (QED) is 0.497. The van der Waals surface area contributed by atoms with Gasteiger partial charge in [-0.25, -0.2) is 0 Å². The largest absolute Gasteiger partial charge is 1.00 e. The van der Waals surface area contributed by atoms with Crippen LogP contribution in [0.25, 0.3) is 5.69 Å². The number of halogens is 1. The molecule has 0 aliphatic rings. The number of hydrogen-bond donors (Lipinski definition) is 1. The number of benzene rings is 3. The number of nitrogens with zero attached hydrogens (tertiary/aromatic N) is 4. The molecule has 7 heteroatoms. The van der Waals surface area contributed by atoms with Crippen molar-refractivity contribution >= 4 is 0 Å². The third-order valence-electron chi connectivity index (χ3n) is 4.33. The van der Waals surface area contributed by atoms with Crippen LogP contribution in [0.5, 0.6) is 11.8 Å². The van der Waals surface area contributed by atoms with Gasteiger partial charge in [-0.05, 0) is 52.7 Å². The number of hydrogen-bond acceptors (Lipinski definition) is 5. The topological polar surface area (TPSA) is 64.9 Å². The average Bonchev–Trinajstić information content (AvgIpc) is 3.19. The van der Waals surface area contributed by atoms with E-state index in [0.717, 1.165) is 24.3 Å². The van der Waals surface area contributed by atoms with Crippen LogP contribution in [0.3, 0.4) is 0 Å². The number of aryl methyl sites for hydroxylation is 1. The number of para-hydroxylation sites is 1. The number of nitrogens with one attached hydrogen (secondary N) is 1. The standard InChI is InChI=1S/C22H21N5O.ClH/c1-17-10-12-18(13-11-17)15-23-16-19-6-5-9-21(14-19)28-22-24-25-26-27(22)20-7-3-2-4-8-20;/h2-14,23H,15-16H2,1H3;1H/p-1. The third-order valence-corrected chi connectivity index (χ3v) is 4.33. The molecule has 0 saturated carbocycles. The lowest BCUT2D eigenvalue weighted by Crippen LogP contribution is -3.00. The summed E-state index contributed by atoms with van der Waals surface area (Å²) in [4.78, 5) is 0. The Balaban J connectivity index is 0.00000240. The lowest BCUT2D eigenvalue weighted by Gasteiger charge is -2.09. The van der Waals surface area contributed by atoms with Gasteiger partial charge in [-0.2, -0.15) is 4.68 Å². The molecule has 0 saturated heterocycles. The van der Waals surface area contributed by atoms with Crippen LogP contribution < -0.4 is 22.5 Å². The van der Waals surface area contributed by atoms with Gasteiger partial charge in [-0.3, -0.25) is 0 Å². The van der Waals surface area contributed by atoms with Gasteiger partial charge in [0.25, 0.3) is 0 Å². The second-order valence-electron chi connectivity index (χ2n) is 6.55. The molecule has 148 valence electrons. The van der Waals surface area contributed by atoms with Gasteiger partial charge in [0.2, 0.25) is 0 Å². The lowest BCUT2D eigenvalue weighted by atomic mass is 10.1. The van der Waals surface area contributed by atoms with Gasteiger partial charge in [-0.15, -0.1) is 0 Å². The van der Waals surface area contributed by atoms with E-state index >= 15 is 0 Å². The average molecular weight is 407 g/mol. The van der Waals surface area contributed by atoms with Crippen molar-refractivity contribution < 1.29 is 17.1 Å². The van der Waals surface area contributed by atoms with Gasteiger partial charge >= 0.3 is 6.01 Å². The molecule has 0 bridgehead atoms. The van der Waals surface area contributed by atoms with Crippen molar-refractivity contribution in [2.75, 3.05) is 0 Å². The predicted octanol–water partition coefficient (Wildman–Crippen LogP) is 1.06. The van der Waals surface area contributed by atoms with E-state index in [0.29, 0.717) is 11.8 Å². The number of ether oxygens (including phenoxy) is 1. The van der Waals surface area contributed by atoms with Crippen molar-refractivity contribution in [1.82, 2.24) is 25.5 Å². The third kappa shape index (κ3) is 5.40. The Labute approximate surface area is 175 Å². The highest BCUT2D eigenvalue weighted by atomic mass is 35.5. The molecule has 1 aromatic heterocycles. The van der Waals surface area contributed by atoms with E-state index in [4.69, 9.17) is 4.74 Å². The van der Waals surface area contributed by atoms with Crippen LogP contribution in [0.15, 0.2) is 78.9 Å². The van der Waals surface area contributed by atoms with Gasteiger partial charge in [0.15, 0.2) is 0 Å². The summed E-state index contributed by atoms with van der Waals surface area (Å²) in [7, 11) is 0. The molecule has 4 aromatic rings. The second-order valence-corrected chi connectivity index (χ2v) is 6.55. The fraction of sp³-hybridized carbons (Fsp3) is 0.136. The Kier molecular flexibility index (Phi) is 6.94. The predicted molar refractivity (Wildman–Crippen MR) is 107 cm³/mol. The summed E-state index contributed by atoms with van der Waals surface area (Å²) in [5.74, 6) is 0.696. The highest BCUT2D eigenvalue weighted by Gasteiger charge is 2.10. The zero-order valence-corrected chi connectivity index (χ0v) is 16.8. The number of rotatable bonds is 7. The highest BCUT2D eigenvalue weighted by Crippen LogP contribution is 2.22. The molecule has 0 unspecified atom stereocenters. The van der Waals surface area contributed by atoms with Crippen molar-refractivity contribution in [3.05, 3.63) is 95.6 Å². The van der Waals surface area contributed by atoms with Gasteiger partial charge in [-0.1, -0.05) is 65.3 Å². The summed E-state index contributed by atoms with van der Waals surface area (Å²) in [5, 5.41) is 15.2. The normalized spacial score (nSPS) is 10.4.